The maximum atomic E-state index is 12.4. The van der Waals surface area contributed by atoms with Crippen molar-refractivity contribution in [3.05, 3.63) is 54.6 Å². The van der Waals surface area contributed by atoms with Crippen LogP contribution in [0.4, 0.5) is 34.1 Å². The molecule has 0 radical (unpaired) electrons. The van der Waals surface area contributed by atoms with Crippen molar-refractivity contribution in [3.8, 4) is 17.2 Å². The summed E-state index contributed by atoms with van der Waals surface area (Å²) in [7, 11) is -18.1. The fraction of sp³-hybridized carbons (Fsp3) is 0.0714. The number of anilines is 1. The first-order chi connectivity index (χ1) is 25.0. The van der Waals surface area contributed by atoms with E-state index in [-0.39, 0.29) is 22.2 Å². The Kier molecular flexibility index (Phi) is 10.2. The Bertz CT molecular complexity index is 2970. The lowest BCUT2D eigenvalue weighted by Gasteiger charge is -2.14. The van der Waals surface area contributed by atoms with Crippen LogP contribution in [0.5, 0.6) is 17.2 Å². The second-order valence-corrected chi connectivity index (χ2v) is 16.3. The zero-order valence-corrected chi connectivity index (χ0v) is 30.2. The number of nitrogen functional groups attached to an aromatic ring is 1. The summed E-state index contributed by atoms with van der Waals surface area (Å²) in [6, 6.07) is 8.82. The van der Waals surface area contributed by atoms with Crippen LogP contribution in [-0.2, 0) is 40.5 Å². The van der Waals surface area contributed by atoms with Gasteiger partial charge in [0.25, 0.3) is 40.5 Å². The molecule has 26 heteroatoms. The molecule has 0 bridgehead atoms. The van der Waals surface area contributed by atoms with Crippen molar-refractivity contribution in [2.75, 3.05) is 19.9 Å². The minimum Gasteiger partial charge on any atom is -0.505 e. The highest BCUT2D eigenvalue weighted by molar-refractivity contribution is 7.86. The van der Waals surface area contributed by atoms with Gasteiger partial charge in [0, 0.05) is 18.5 Å². The molecule has 5 aromatic rings. The van der Waals surface area contributed by atoms with Crippen LogP contribution in [0.15, 0.2) is 105 Å². The Hall–Kier alpha value is -5.74. The zero-order chi connectivity index (χ0) is 40.1. The third kappa shape index (κ3) is 7.66. The number of fused-ring (bicyclic) bond motifs is 2. The summed E-state index contributed by atoms with van der Waals surface area (Å²) in [4.78, 5) is -3.80. The number of azo groups is 3. The Balaban J connectivity index is 1.72. The summed E-state index contributed by atoms with van der Waals surface area (Å²) in [5.41, 5.74) is 2.28. The van der Waals surface area contributed by atoms with Crippen LogP contribution in [0, 0.1) is 0 Å². The lowest BCUT2D eigenvalue weighted by atomic mass is 10.1. The van der Waals surface area contributed by atoms with E-state index in [0.717, 1.165) is 31.3 Å². The van der Waals surface area contributed by atoms with E-state index in [1.807, 2.05) is 0 Å². The normalized spacial score (nSPS) is 13.2. The van der Waals surface area contributed by atoms with E-state index in [0.29, 0.717) is 12.1 Å². The fourth-order valence-corrected chi connectivity index (χ4v) is 7.64. The molecule has 0 aliphatic rings. The average Bonchev–Trinajstić information content (AvgIpc) is 3.06. The maximum Gasteiger partial charge on any atom is 0.296 e. The predicted molar refractivity (Wildman–Crippen MR) is 187 cm³/mol. The van der Waals surface area contributed by atoms with Crippen LogP contribution in [0.3, 0.4) is 0 Å². The highest BCUT2D eigenvalue weighted by atomic mass is 32.2. The fourth-order valence-electron chi connectivity index (χ4n) is 5.01. The number of hydrogen-bond donors (Lipinski definition) is 7. The molecule has 0 saturated heterocycles. The third-order valence-corrected chi connectivity index (χ3v) is 10.8. The van der Waals surface area contributed by atoms with Gasteiger partial charge in [-0.15, -0.1) is 15.3 Å². The first-order valence-electron chi connectivity index (χ1n) is 14.1. The topological polar surface area (TPSA) is 367 Å². The highest BCUT2D eigenvalue weighted by Gasteiger charge is 2.28. The van der Waals surface area contributed by atoms with Gasteiger partial charge >= 0.3 is 0 Å². The lowest BCUT2D eigenvalue weighted by Crippen LogP contribution is -2.03. The van der Waals surface area contributed by atoms with Crippen molar-refractivity contribution in [2.45, 2.75) is 19.6 Å². The molecule has 0 atom stereocenters. The number of benzene rings is 5. The van der Waals surface area contributed by atoms with Gasteiger partial charge in [-0.1, -0.05) is 6.07 Å². The van der Waals surface area contributed by atoms with Gasteiger partial charge in [0.05, 0.1) is 23.9 Å². The Labute approximate surface area is 304 Å². The van der Waals surface area contributed by atoms with E-state index >= 15 is 0 Å². The first-order valence-corrected chi connectivity index (χ1v) is 19.9. The van der Waals surface area contributed by atoms with Gasteiger partial charge in [-0.05, 0) is 53.2 Å². The van der Waals surface area contributed by atoms with Crippen molar-refractivity contribution in [3.63, 3.8) is 0 Å². The van der Waals surface area contributed by atoms with Crippen LogP contribution in [0.2, 0.25) is 0 Å². The van der Waals surface area contributed by atoms with Crippen molar-refractivity contribution < 1.29 is 66.8 Å². The quantitative estimate of drug-likeness (QED) is 0.0517. The molecule has 0 aliphatic heterocycles. The van der Waals surface area contributed by atoms with E-state index in [1.165, 1.54) is 25.3 Å². The van der Waals surface area contributed by atoms with Gasteiger partial charge in [-0.25, -0.2) is 0 Å². The SMILES string of the molecule is CN=Nc1c(S(=O)(=O)O)cc2cc(S(=O)(=O)O)c(N=Nc3ccc4cc(S(=O)(=O)O)c(N=Nc5ccc(OC)cc5S(=O)(=O)O)c(O)c4c3)c(N)c2c1O. The van der Waals surface area contributed by atoms with E-state index in [2.05, 4.69) is 30.7 Å². The summed E-state index contributed by atoms with van der Waals surface area (Å²) in [5.74, 6) is -1.95. The number of phenolic OH excluding ortho intramolecular Hbond substituents is 2. The third-order valence-electron chi connectivity index (χ3n) is 7.35. The number of nitrogens with zero attached hydrogens (tertiary/aromatic N) is 6. The summed E-state index contributed by atoms with van der Waals surface area (Å²) in [6.45, 7) is 0. The molecule has 5 aromatic carbocycles. The minimum absolute atomic E-state index is 0.0135. The molecular weight excluding hydrogens is 803 g/mol. The molecular formula is C28H23N7O15S4. The smallest absolute Gasteiger partial charge is 0.296 e. The van der Waals surface area contributed by atoms with Crippen LogP contribution < -0.4 is 10.5 Å². The van der Waals surface area contributed by atoms with Crippen LogP contribution >= 0.6 is 0 Å². The van der Waals surface area contributed by atoms with Gasteiger partial charge < -0.3 is 20.7 Å². The molecule has 22 nitrogen and oxygen atoms in total. The standard InChI is InChI=1S/C28H23N7O15S4/c1-30-33-26-21(54(47,48)49)9-13-8-19(52(41,42)43)24(23(29)22(13)28(26)37)34-31-14-4-3-12-7-20(53(44,45)46)25(27(36)16(12)10-14)35-32-17-6-5-15(50-2)11-18(17)51(38,39)40/h3-11,36-37H,29H2,1-2H3,(H,38,39,40)(H,41,42,43)(H,44,45,46)(H,47,48,49). The Morgan fingerprint density at radius 2 is 1.09 bits per heavy atom. The summed E-state index contributed by atoms with van der Waals surface area (Å²) in [5, 5.41) is 42.8. The molecule has 54 heavy (non-hydrogen) atoms. The van der Waals surface area contributed by atoms with Crippen LogP contribution in [0.1, 0.15) is 0 Å². The number of hydrogen-bond acceptors (Lipinski definition) is 18. The second-order valence-electron chi connectivity index (χ2n) is 10.7. The number of rotatable bonds is 10. The van der Waals surface area contributed by atoms with Crippen molar-refractivity contribution in [1.29, 1.82) is 0 Å². The molecule has 0 heterocycles. The number of aromatic hydroxyl groups is 2. The molecule has 8 N–H and O–H groups in total. The summed E-state index contributed by atoms with van der Waals surface area (Å²) < 4.78 is 141. The molecule has 0 unspecified atom stereocenters. The Morgan fingerprint density at radius 1 is 0.574 bits per heavy atom. The monoisotopic (exact) mass is 825 g/mol. The zero-order valence-electron chi connectivity index (χ0n) is 26.9. The van der Waals surface area contributed by atoms with E-state index in [9.17, 15) is 62.1 Å². The number of nitrogens with two attached hydrogens (primary N) is 1. The molecule has 0 fully saturated rings. The molecule has 0 spiro atoms. The summed E-state index contributed by atoms with van der Waals surface area (Å²) >= 11 is 0. The molecule has 0 aromatic heterocycles. The minimum atomic E-state index is -5.22. The molecule has 0 amide bonds. The van der Waals surface area contributed by atoms with Gasteiger partial charge in [-0.3, -0.25) is 18.2 Å². The highest BCUT2D eigenvalue weighted by Crippen LogP contribution is 2.48. The van der Waals surface area contributed by atoms with Crippen molar-refractivity contribution in [2.24, 2.45) is 30.7 Å². The van der Waals surface area contributed by atoms with Gasteiger partial charge in [0.15, 0.2) is 11.5 Å². The van der Waals surface area contributed by atoms with E-state index < -0.39 is 111 Å². The number of methoxy groups -OCH3 is 1. The summed E-state index contributed by atoms with van der Waals surface area (Å²) in [6.07, 6.45) is 0. The first kappa shape index (κ1) is 39.5. The van der Waals surface area contributed by atoms with Gasteiger partial charge in [0.2, 0.25) is 0 Å². The molecule has 0 aliphatic carbocycles. The largest absolute Gasteiger partial charge is 0.505 e. The van der Waals surface area contributed by atoms with E-state index in [4.69, 9.17) is 10.5 Å². The second kappa shape index (κ2) is 13.9. The van der Waals surface area contributed by atoms with Gasteiger partial charge in [-0.2, -0.15) is 49.0 Å². The van der Waals surface area contributed by atoms with Crippen LogP contribution in [-0.4, -0.2) is 76.3 Å². The van der Waals surface area contributed by atoms with Crippen molar-refractivity contribution in [1.82, 2.24) is 0 Å². The average molecular weight is 826 g/mol. The Morgan fingerprint density at radius 3 is 1.63 bits per heavy atom. The maximum absolute atomic E-state index is 12.4. The number of ether oxygens (including phenoxy) is 1. The molecule has 284 valence electrons. The van der Waals surface area contributed by atoms with Gasteiger partial charge in [0.1, 0.15) is 48.1 Å². The lowest BCUT2D eigenvalue weighted by molar-refractivity contribution is 0.412. The predicted octanol–water partition coefficient (Wildman–Crippen LogP) is 5.53. The van der Waals surface area contributed by atoms with Crippen molar-refractivity contribution >= 4 is 96.1 Å². The van der Waals surface area contributed by atoms with E-state index in [1.54, 1.807) is 0 Å². The molecule has 5 rings (SSSR count). The number of phenols is 2. The molecule has 0 saturated carbocycles. The van der Waals surface area contributed by atoms with Crippen LogP contribution in [0.25, 0.3) is 21.5 Å².